The van der Waals surface area contributed by atoms with Crippen molar-refractivity contribution in [1.82, 2.24) is 0 Å². The Morgan fingerprint density at radius 3 is 1.56 bits per heavy atom. The first-order chi connectivity index (χ1) is 21.8. The van der Waals surface area contributed by atoms with Crippen molar-refractivity contribution >= 4 is 19.8 Å². The van der Waals surface area contributed by atoms with Crippen molar-refractivity contribution in [3.8, 4) is 0 Å². The number of phosphoric ester groups is 1. The number of unbranched alkanes of at least 4 members (excludes halogenated alkanes) is 16. The molecule has 0 aromatic carbocycles. The molecule has 0 spiro atoms. The van der Waals surface area contributed by atoms with Crippen LogP contribution in [0.5, 0.6) is 0 Å². The zero-order valence-electron chi connectivity index (χ0n) is 28.5. The van der Waals surface area contributed by atoms with Crippen molar-refractivity contribution in [2.24, 2.45) is 0 Å². The Morgan fingerprint density at radius 1 is 0.578 bits per heavy atom. The first-order valence-corrected chi connectivity index (χ1v) is 19.3. The predicted molar refractivity (Wildman–Crippen MR) is 184 cm³/mol. The Balaban J connectivity index is 4.03. The third-order valence-electron chi connectivity index (χ3n) is 7.38. The first-order valence-electron chi connectivity index (χ1n) is 17.8. The minimum atomic E-state index is -4.75. The highest BCUT2D eigenvalue weighted by atomic mass is 31.2. The normalized spacial score (nSPS) is 12.9. The molecule has 0 aromatic rings. The maximum absolute atomic E-state index is 12.3. The van der Waals surface area contributed by atoms with E-state index in [0.717, 1.165) is 83.5 Å². The number of hydrogen-bond donors (Lipinski definition) is 2. The lowest BCUT2D eigenvalue weighted by molar-refractivity contribution is -0.161. The van der Waals surface area contributed by atoms with Crippen molar-refractivity contribution in [3.05, 3.63) is 36.5 Å². The van der Waals surface area contributed by atoms with Crippen LogP contribution in [0.1, 0.15) is 162 Å². The number of carbonyl (C=O) groups is 2. The van der Waals surface area contributed by atoms with Crippen LogP contribution in [-0.4, -0.2) is 41.0 Å². The van der Waals surface area contributed by atoms with Crippen molar-refractivity contribution in [1.29, 1.82) is 0 Å². The summed E-state index contributed by atoms with van der Waals surface area (Å²) in [5.41, 5.74) is 0. The Kier molecular flexibility index (Phi) is 31.0. The quantitative estimate of drug-likeness (QED) is 0.0318. The average molecular weight is 657 g/mol. The molecule has 45 heavy (non-hydrogen) atoms. The zero-order chi connectivity index (χ0) is 33.3. The fraction of sp³-hybridized carbons (Fsp3) is 0.778. The van der Waals surface area contributed by atoms with Crippen LogP contribution < -0.4 is 0 Å². The highest BCUT2D eigenvalue weighted by Crippen LogP contribution is 2.35. The van der Waals surface area contributed by atoms with Crippen LogP contribution in [0.15, 0.2) is 36.5 Å². The molecule has 0 aliphatic heterocycles. The van der Waals surface area contributed by atoms with E-state index in [1.54, 1.807) is 0 Å². The van der Waals surface area contributed by atoms with Gasteiger partial charge in [-0.15, -0.1) is 0 Å². The largest absolute Gasteiger partial charge is 0.469 e. The molecule has 0 unspecified atom stereocenters. The third-order valence-corrected chi connectivity index (χ3v) is 7.87. The topological polar surface area (TPSA) is 119 Å². The minimum Gasteiger partial charge on any atom is -0.462 e. The summed E-state index contributed by atoms with van der Waals surface area (Å²) in [6.07, 6.45) is 35.7. The number of phosphoric acid groups is 1. The van der Waals surface area contributed by atoms with Crippen LogP contribution in [0, 0.1) is 0 Å². The maximum atomic E-state index is 12.3. The third kappa shape index (κ3) is 35.0. The number of allylic oxidation sites excluding steroid dienone is 6. The lowest BCUT2D eigenvalue weighted by Gasteiger charge is -2.18. The van der Waals surface area contributed by atoms with Crippen molar-refractivity contribution in [3.63, 3.8) is 0 Å². The molecular formula is C36H65O8P. The monoisotopic (exact) mass is 656 g/mol. The summed E-state index contributed by atoms with van der Waals surface area (Å²) < 4.78 is 26.2. The van der Waals surface area contributed by atoms with Crippen LogP contribution in [0.4, 0.5) is 0 Å². The van der Waals surface area contributed by atoms with E-state index in [-0.39, 0.29) is 19.4 Å². The van der Waals surface area contributed by atoms with Gasteiger partial charge >= 0.3 is 19.8 Å². The van der Waals surface area contributed by atoms with Gasteiger partial charge in [0.25, 0.3) is 0 Å². The molecular weight excluding hydrogens is 591 g/mol. The fourth-order valence-electron chi connectivity index (χ4n) is 4.68. The minimum absolute atomic E-state index is 0.198. The van der Waals surface area contributed by atoms with Gasteiger partial charge in [-0.3, -0.25) is 14.1 Å². The maximum Gasteiger partial charge on any atom is 0.469 e. The number of carbonyl (C=O) groups excluding carboxylic acids is 2. The predicted octanol–water partition coefficient (Wildman–Crippen LogP) is 10.2. The molecule has 9 heteroatoms. The number of esters is 2. The van der Waals surface area contributed by atoms with Gasteiger partial charge in [-0.05, 0) is 64.2 Å². The van der Waals surface area contributed by atoms with Crippen LogP contribution in [-0.2, 0) is 28.2 Å². The molecule has 0 bridgehead atoms. The van der Waals surface area contributed by atoms with Crippen molar-refractivity contribution < 1.29 is 37.9 Å². The summed E-state index contributed by atoms with van der Waals surface area (Å²) in [5, 5.41) is 0. The van der Waals surface area contributed by atoms with E-state index in [4.69, 9.17) is 19.3 Å². The molecule has 262 valence electrons. The summed E-state index contributed by atoms with van der Waals surface area (Å²) in [6, 6.07) is 0. The van der Waals surface area contributed by atoms with E-state index in [9.17, 15) is 14.2 Å². The second kappa shape index (κ2) is 32.2. The molecule has 0 aromatic heterocycles. The molecule has 0 aliphatic rings. The average Bonchev–Trinajstić information content (AvgIpc) is 3.00. The lowest BCUT2D eigenvalue weighted by Crippen LogP contribution is -2.29. The highest BCUT2D eigenvalue weighted by molar-refractivity contribution is 7.46. The van der Waals surface area contributed by atoms with Crippen LogP contribution in [0.2, 0.25) is 0 Å². The standard InChI is InChI=1S/C36H65O8P/c1-3-5-7-9-11-13-15-17-19-20-22-24-26-28-30-35(37)42-32-34(33-43-45(39,40)41)44-36(38)31-29-27-25-23-21-18-16-14-12-10-8-6-4-2/h9,11,14-17,34H,3-8,10,12-13,18-33H2,1-2H3,(H2,39,40,41)/b11-9+,16-14+,17-15+/t34-/m1/s1. The Hall–Kier alpha value is -1.73. The summed E-state index contributed by atoms with van der Waals surface area (Å²) >= 11 is 0. The molecule has 1 atom stereocenters. The van der Waals surface area contributed by atoms with Gasteiger partial charge in [0.1, 0.15) is 6.61 Å². The molecule has 0 saturated carbocycles. The van der Waals surface area contributed by atoms with E-state index < -0.39 is 32.5 Å². The first kappa shape index (κ1) is 43.3. The van der Waals surface area contributed by atoms with Gasteiger partial charge in [0, 0.05) is 12.8 Å². The van der Waals surface area contributed by atoms with Crippen molar-refractivity contribution in [2.75, 3.05) is 13.2 Å². The van der Waals surface area contributed by atoms with Gasteiger partial charge in [-0.1, -0.05) is 121 Å². The van der Waals surface area contributed by atoms with E-state index >= 15 is 0 Å². The van der Waals surface area contributed by atoms with Gasteiger partial charge < -0.3 is 19.3 Å². The van der Waals surface area contributed by atoms with E-state index in [0.29, 0.717) is 12.8 Å². The number of hydrogen-bond acceptors (Lipinski definition) is 6. The van der Waals surface area contributed by atoms with Gasteiger partial charge in [0.05, 0.1) is 6.61 Å². The summed E-state index contributed by atoms with van der Waals surface area (Å²) in [4.78, 5) is 42.6. The van der Waals surface area contributed by atoms with Crippen LogP contribution >= 0.6 is 7.82 Å². The van der Waals surface area contributed by atoms with E-state index in [1.807, 2.05) is 0 Å². The van der Waals surface area contributed by atoms with Crippen LogP contribution in [0.3, 0.4) is 0 Å². The Morgan fingerprint density at radius 2 is 1.02 bits per heavy atom. The summed E-state index contributed by atoms with van der Waals surface area (Å²) in [6.45, 7) is 3.59. The second-order valence-electron chi connectivity index (χ2n) is 11.8. The molecule has 0 saturated heterocycles. The van der Waals surface area contributed by atoms with Gasteiger partial charge in [0.15, 0.2) is 6.10 Å². The summed E-state index contributed by atoms with van der Waals surface area (Å²) in [7, 11) is -4.75. The SMILES string of the molecule is CCCC/C=C/C/C=C/CCCCCCCC(=O)OC[C@H](COP(=O)(O)O)OC(=O)CCCCCCC/C=C/CCCCCC. The highest BCUT2D eigenvalue weighted by Gasteiger charge is 2.22. The van der Waals surface area contributed by atoms with Gasteiger partial charge in [-0.25, -0.2) is 4.57 Å². The molecule has 0 amide bonds. The van der Waals surface area contributed by atoms with Crippen molar-refractivity contribution in [2.45, 2.75) is 168 Å². The Bertz CT molecular complexity index is 833. The molecule has 0 fully saturated rings. The van der Waals surface area contributed by atoms with Gasteiger partial charge in [0.2, 0.25) is 0 Å². The van der Waals surface area contributed by atoms with Gasteiger partial charge in [-0.2, -0.15) is 0 Å². The smallest absolute Gasteiger partial charge is 0.462 e. The second-order valence-corrected chi connectivity index (χ2v) is 13.1. The number of rotatable bonds is 32. The van der Waals surface area contributed by atoms with E-state index in [2.05, 4.69) is 54.8 Å². The summed E-state index contributed by atoms with van der Waals surface area (Å²) in [5.74, 6) is -0.914. The molecule has 2 N–H and O–H groups in total. The molecule has 0 rings (SSSR count). The zero-order valence-corrected chi connectivity index (χ0v) is 29.4. The lowest BCUT2D eigenvalue weighted by atomic mass is 10.1. The fourth-order valence-corrected chi connectivity index (χ4v) is 5.04. The molecule has 0 aliphatic carbocycles. The Labute approximate surface area is 274 Å². The molecule has 0 radical (unpaired) electrons. The van der Waals surface area contributed by atoms with E-state index in [1.165, 1.54) is 38.5 Å². The van der Waals surface area contributed by atoms with Crippen LogP contribution in [0.25, 0.3) is 0 Å². The molecule has 0 heterocycles. The molecule has 8 nitrogen and oxygen atoms in total. The number of ether oxygens (including phenoxy) is 2.